The van der Waals surface area contributed by atoms with Crippen molar-refractivity contribution >= 4 is 29.7 Å². The van der Waals surface area contributed by atoms with Crippen molar-refractivity contribution in [3.63, 3.8) is 0 Å². The van der Waals surface area contributed by atoms with Crippen LogP contribution in [0.2, 0.25) is 5.04 Å². The van der Waals surface area contributed by atoms with E-state index in [-0.39, 0.29) is 21.6 Å². The molecule has 190 valence electrons. The zero-order valence-corrected chi connectivity index (χ0v) is 22.7. The number of aromatic hydroxyl groups is 1. The Morgan fingerprint density at radius 2 is 1.59 bits per heavy atom. The van der Waals surface area contributed by atoms with E-state index in [1.165, 1.54) is 22.5 Å². The SMILES string of the molecule is Cc1cc(=O)c2c(O)cc3c(c2o1)CC=C(CO[Si](c1ccccc1)(c1ccccc1)C(C)(C)C)CO3. The van der Waals surface area contributed by atoms with Crippen molar-refractivity contribution in [2.24, 2.45) is 0 Å². The molecule has 0 saturated carbocycles. The first-order chi connectivity index (χ1) is 17.7. The van der Waals surface area contributed by atoms with E-state index in [4.69, 9.17) is 13.6 Å². The summed E-state index contributed by atoms with van der Waals surface area (Å²) in [6, 6.07) is 24.0. The van der Waals surface area contributed by atoms with Gasteiger partial charge in [-0.1, -0.05) is 87.5 Å². The predicted molar refractivity (Wildman–Crippen MR) is 150 cm³/mol. The number of hydrogen-bond acceptors (Lipinski definition) is 5. The number of phenols is 1. The van der Waals surface area contributed by atoms with Gasteiger partial charge in [0.2, 0.25) is 0 Å². The zero-order chi connectivity index (χ0) is 26.2. The summed E-state index contributed by atoms with van der Waals surface area (Å²) in [5.74, 6) is 0.888. The van der Waals surface area contributed by atoms with Crippen molar-refractivity contribution in [1.82, 2.24) is 0 Å². The maximum Gasteiger partial charge on any atom is 0.261 e. The van der Waals surface area contributed by atoms with E-state index >= 15 is 0 Å². The highest BCUT2D eigenvalue weighted by molar-refractivity contribution is 6.99. The second kappa shape index (κ2) is 9.69. The molecule has 37 heavy (non-hydrogen) atoms. The second-order valence-electron chi connectivity index (χ2n) is 10.6. The van der Waals surface area contributed by atoms with E-state index in [0.29, 0.717) is 36.7 Å². The quantitative estimate of drug-likeness (QED) is 0.292. The highest BCUT2D eigenvalue weighted by atomic mass is 28.4. The fraction of sp³-hybridized carbons (Fsp3) is 0.258. The lowest BCUT2D eigenvalue weighted by Gasteiger charge is -2.43. The van der Waals surface area contributed by atoms with Gasteiger partial charge >= 0.3 is 0 Å². The van der Waals surface area contributed by atoms with Gasteiger partial charge in [-0.25, -0.2) is 0 Å². The molecule has 2 heterocycles. The van der Waals surface area contributed by atoms with Gasteiger partial charge in [0.1, 0.15) is 34.8 Å². The topological polar surface area (TPSA) is 68.9 Å². The van der Waals surface area contributed by atoms with Crippen molar-refractivity contribution in [3.05, 3.63) is 106 Å². The van der Waals surface area contributed by atoms with Crippen LogP contribution in [-0.4, -0.2) is 26.6 Å². The summed E-state index contributed by atoms with van der Waals surface area (Å²) >= 11 is 0. The molecule has 0 spiro atoms. The number of aryl methyl sites for hydroxylation is 1. The molecule has 0 aliphatic carbocycles. The number of phenolic OH excluding ortho intramolecular Hbond substituents is 1. The first-order valence-corrected chi connectivity index (χ1v) is 14.5. The summed E-state index contributed by atoms with van der Waals surface area (Å²) in [6.45, 7) is 9.24. The van der Waals surface area contributed by atoms with E-state index in [9.17, 15) is 9.90 Å². The molecule has 4 aromatic rings. The minimum atomic E-state index is -2.69. The number of fused-ring (bicyclic) bond motifs is 3. The molecule has 6 heteroatoms. The Morgan fingerprint density at radius 1 is 0.973 bits per heavy atom. The van der Waals surface area contributed by atoms with Crippen LogP contribution < -0.4 is 20.5 Å². The minimum Gasteiger partial charge on any atom is -0.507 e. The lowest BCUT2D eigenvalue weighted by molar-refractivity contribution is 0.290. The number of ether oxygens (including phenoxy) is 1. The smallest absolute Gasteiger partial charge is 0.261 e. The van der Waals surface area contributed by atoms with Gasteiger partial charge in [0.05, 0.1) is 6.61 Å². The van der Waals surface area contributed by atoms with Crippen LogP contribution in [0.25, 0.3) is 11.0 Å². The average Bonchev–Trinajstić information content (AvgIpc) is 3.07. The number of hydrogen-bond donors (Lipinski definition) is 1. The Kier molecular flexibility index (Phi) is 6.56. The number of rotatable bonds is 5. The number of benzene rings is 3. The van der Waals surface area contributed by atoms with Crippen LogP contribution in [0, 0.1) is 6.92 Å². The summed E-state index contributed by atoms with van der Waals surface area (Å²) in [5, 5.41) is 13.0. The summed E-state index contributed by atoms with van der Waals surface area (Å²) < 4.78 is 19.1. The van der Waals surface area contributed by atoms with Gasteiger partial charge < -0.3 is 18.7 Å². The fourth-order valence-electron chi connectivity index (χ4n) is 5.32. The Balaban J connectivity index is 1.52. The third-order valence-corrected chi connectivity index (χ3v) is 12.0. The van der Waals surface area contributed by atoms with Crippen molar-refractivity contribution < 1.29 is 18.7 Å². The Hall–Kier alpha value is -3.61. The van der Waals surface area contributed by atoms with Crippen LogP contribution in [0.3, 0.4) is 0 Å². The van der Waals surface area contributed by atoms with Crippen LogP contribution in [0.5, 0.6) is 11.5 Å². The molecular weight excluding hydrogens is 480 g/mol. The first kappa shape index (κ1) is 25.1. The Bertz CT molecular complexity index is 1480. The van der Waals surface area contributed by atoms with E-state index in [0.717, 1.165) is 11.1 Å². The largest absolute Gasteiger partial charge is 0.507 e. The molecule has 0 bridgehead atoms. The monoisotopic (exact) mass is 512 g/mol. The standard InChI is InChI=1S/C31H32O5Si/c1-21-17-26(32)29-27(33)18-28-25(30(29)36-21)16-15-22(19-34-28)20-35-37(31(2,3)4,23-11-7-5-8-12-23)24-13-9-6-10-14-24/h5-15,17-18,33H,16,19-20H2,1-4H3. The van der Waals surface area contributed by atoms with E-state index in [2.05, 4.69) is 75.4 Å². The van der Waals surface area contributed by atoms with Gasteiger partial charge in [0, 0.05) is 17.7 Å². The molecule has 0 amide bonds. The molecular formula is C31H32O5Si. The van der Waals surface area contributed by atoms with Gasteiger partial charge in [0.15, 0.2) is 5.43 Å². The normalized spacial score (nSPS) is 14.0. The van der Waals surface area contributed by atoms with E-state index in [1.807, 2.05) is 12.1 Å². The van der Waals surface area contributed by atoms with Crippen LogP contribution in [0.4, 0.5) is 0 Å². The lowest BCUT2D eigenvalue weighted by atomic mass is 10.0. The van der Waals surface area contributed by atoms with Gasteiger partial charge in [-0.05, 0) is 34.3 Å². The molecule has 0 radical (unpaired) electrons. The maximum absolute atomic E-state index is 12.5. The summed E-state index contributed by atoms with van der Waals surface area (Å²) in [4.78, 5) is 12.5. The van der Waals surface area contributed by atoms with Gasteiger partial charge in [-0.3, -0.25) is 4.79 Å². The highest BCUT2D eigenvalue weighted by Gasteiger charge is 2.50. The fourth-order valence-corrected chi connectivity index (χ4v) is 9.88. The first-order valence-electron chi connectivity index (χ1n) is 12.6. The molecule has 5 rings (SSSR count). The van der Waals surface area contributed by atoms with Crippen molar-refractivity contribution in [1.29, 1.82) is 0 Å². The van der Waals surface area contributed by atoms with Gasteiger partial charge in [-0.2, -0.15) is 0 Å². The maximum atomic E-state index is 12.5. The van der Waals surface area contributed by atoms with Crippen LogP contribution in [0.15, 0.2) is 93.7 Å². The molecule has 0 unspecified atom stereocenters. The van der Waals surface area contributed by atoms with E-state index in [1.54, 1.807) is 6.92 Å². The zero-order valence-electron chi connectivity index (χ0n) is 21.7. The molecule has 0 fully saturated rings. The lowest BCUT2D eigenvalue weighted by Crippen LogP contribution is -2.66. The third-order valence-electron chi connectivity index (χ3n) is 7.07. The molecule has 1 N–H and O–H groups in total. The molecule has 5 nitrogen and oxygen atoms in total. The van der Waals surface area contributed by atoms with Crippen molar-refractivity contribution in [2.45, 2.75) is 39.2 Å². The van der Waals surface area contributed by atoms with Gasteiger partial charge in [0.25, 0.3) is 8.32 Å². The van der Waals surface area contributed by atoms with E-state index < -0.39 is 8.32 Å². The van der Waals surface area contributed by atoms with Crippen LogP contribution in [-0.2, 0) is 10.8 Å². The molecule has 3 aromatic carbocycles. The third kappa shape index (κ3) is 4.51. The molecule has 1 aromatic heterocycles. The average molecular weight is 513 g/mol. The van der Waals surface area contributed by atoms with Crippen LogP contribution in [0.1, 0.15) is 32.1 Å². The van der Waals surface area contributed by atoms with Crippen molar-refractivity contribution in [3.8, 4) is 11.5 Å². The van der Waals surface area contributed by atoms with Crippen molar-refractivity contribution in [2.75, 3.05) is 13.2 Å². The molecule has 1 aliphatic rings. The second-order valence-corrected chi connectivity index (χ2v) is 14.9. The Labute approximate surface area is 218 Å². The molecule has 0 atom stereocenters. The Morgan fingerprint density at radius 3 is 2.19 bits per heavy atom. The highest BCUT2D eigenvalue weighted by Crippen LogP contribution is 2.38. The molecule has 0 saturated heterocycles. The van der Waals surface area contributed by atoms with Gasteiger partial charge in [-0.15, -0.1) is 0 Å². The number of allylic oxidation sites excluding steroid dienone is 1. The predicted octanol–water partition coefficient (Wildman–Crippen LogP) is 5.24. The summed E-state index contributed by atoms with van der Waals surface area (Å²) in [6.07, 6.45) is 2.61. The summed E-state index contributed by atoms with van der Waals surface area (Å²) in [5.41, 5.74) is 1.88. The molecule has 1 aliphatic heterocycles. The summed E-state index contributed by atoms with van der Waals surface area (Å²) in [7, 11) is -2.69. The van der Waals surface area contributed by atoms with Crippen LogP contribution >= 0.6 is 0 Å². The minimum absolute atomic E-state index is 0.130.